The van der Waals surface area contributed by atoms with Crippen LogP contribution in [0.3, 0.4) is 0 Å². The number of sulfonamides is 1. The van der Waals surface area contributed by atoms with E-state index in [4.69, 9.17) is 0 Å². The Morgan fingerprint density at radius 3 is 2.79 bits per heavy atom. The van der Waals surface area contributed by atoms with Crippen molar-refractivity contribution < 1.29 is 12.9 Å². The lowest BCUT2D eigenvalue weighted by Crippen LogP contribution is -2.29. The third-order valence-electron chi connectivity index (χ3n) is 2.52. The summed E-state index contributed by atoms with van der Waals surface area (Å²) in [5.41, 5.74) is 0. The fraction of sp³-hybridized carbons (Fsp3) is 0.818. The molecule has 0 aromatic carbocycles. The first-order chi connectivity index (χ1) is 9.14. The average molecular weight is 290 g/mol. The molecule has 2 N–H and O–H groups in total. The zero-order valence-electron chi connectivity index (χ0n) is 11.3. The summed E-state index contributed by atoms with van der Waals surface area (Å²) in [5, 5.41) is 6.85. The summed E-state index contributed by atoms with van der Waals surface area (Å²) in [6.07, 6.45) is 4.29. The summed E-state index contributed by atoms with van der Waals surface area (Å²) in [6, 6.07) is 0. The Balaban J connectivity index is 2.07. The van der Waals surface area contributed by atoms with E-state index in [1.807, 2.05) is 0 Å². The molecule has 0 radical (unpaired) electrons. The summed E-state index contributed by atoms with van der Waals surface area (Å²) in [4.78, 5) is 3.82. The van der Waals surface area contributed by atoms with Crippen molar-refractivity contribution in [1.82, 2.24) is 20.2 Å². The van der Waals surface area contributed by atoms with Gasteiger partial charge in [-0.25, -0.2) is 13.1 Å². The van der Waals surface area contributed by atoms with Gasteiger partial charge < -0.3 is 9.84 Å². The molecule has 0 unspecified atom stereocenters. The number of nitrogens with zero attached hydrogens (tertiary/aromatic N) is 2. The molecule has 19 heavy (non-hydrogen) atoms. The maximum Gasteiger partial charge on any atom is 0.213 e. The van der Waals surface area contributed by atoms with Crippen LogP contribution in [0, 0.1) is 0 Å². The maximum absolute atomic E-state index is 11.7. The summed E-state index contributed by atoms with van der Waals surface area (Å²) in [7, 11) is -3.19. The van der Waals surface area contributed by atoms with Gasteiger partial charge in [0.05, 0.1) is 5.75 Å². The Kier molecular flexibility index (Phi) is 7.61. The SMILES string of the molecule is CCCNCCCCS(=O)(=O)NCCc1ncon1. The predicted molar refractivity (Wildman–Crippen MR) is 72.2 cm³/mol. The van der Waals surface area contributed by atoms with E-state index in [9.17, 15) is 8.42 Å². The normalized spacial score (nSPS) is 11.8. The van der Waals surface area contributed by atoms with E-state index in [2.05, 4.69) is 31.6 Å². The van der Waals surface area contributed by atoms with E-state index in [0.29, 0.717) is 25.2 Å². The highest BCUT2D eigenvalue weighted by Crippen LogP contribution is 1.95. The summed E-state index contributed by atoms with van der Waals surface area (Å²) in [5.74, 6) is 0.666. The molecule has 0 saturated heterocycles. The molecule has 0 amide bonds. The van der Waals surface area contributed by atoms with E-state index in [1.54, 1.807) is 0 Å². The van der Waals surface area contributed by atoms with Gasteiger partial charge in [0.2, 0.25) is 16.4 Å². The Morgan fingerprint density at radius 1 is 1.26 bits per heavy atom. The van der Waals surface area contributed by atoms with Crippen molar-refractivity contribution in [3.05, 3.63) is 12.2 Å². The average Bonchev–Trinajstić information content (AvgIpc) is 2.86. The van der Waals surface area contributed by atoms with Crippen LogP contribution in [-0.2, 0) is 16.4 Å². The molecule has 0 bridgehead atoms. The standard InChI is InChI=1S/C11H22N4O3S/c1-2-6-12-7-3-4-9-19(16,17)14-8-5-11-13-10-18-15-11/h10,12,14H,2-9H2,1H3. The quantitative estimate of drug-likeness (QED) is 0.569. The van der Waals surface area contributed by atoms with Crippen molar-refractivity contribution in [3.8, 4) is 0 Å². The minimum Gasteiger partial charge on any atom is -0.343 e. The van der Waals surface area contributed by atoms with E-state index >= 15 is 0 Å². The van der Waals surface area contributed by atoms with Crippen molar-refractivity contribution in [2.24, 2.45) is 0 Å². The Hall–Kier alpha value is -0.990. The van der Waals surface area contributed by atoms with Crippen molar-refractivity contribution in [2.45, 2.75) is 32.6 Å². The first-order valence-electron chi connectivity index (χ1n) is 6.57. The fourth-order valence-corrected chi connectivity index (χ4v) is 2.68. The molecule has 110 valence electrons. The van der Waals surface area contributed by atoms with Gasteiger partial charge in [-0.05, 0) is 32.4 Å². The summed E-state index contributed by atoms with van der Waals surface area (Å²) >= 11 is 0. The summed E-state index contributed by atoms with van der Waals surface area (Å²) in [6.45, 7) is 4.25. The second kappa shape index (κ2) is 9.00. The number of aromatic nitrogens is 2. The van der Waals surface area contributed by atoms with Gasteiger partial charge in [-0.1, -0.05) is 12.1 Å². The van der Waals surface area contributed by atoms with Crippen molar-refractivity contribution in [2.75, 3.05) is 25.4 Å². The molecule has 0 atom stereocenters. The Labute approximate surface area is 114 Å². The van der Waals surface area contributed by atoms with Crippen LogP contribution in [0.25, 0.3) is 0 Å². The first-order valence-corrected chi connectivity index (χ1v) is 8.22. The maximum atomic E-state index is 11.7. The number of nitrogens with one attached hydrogen (secondary N) is 2. The van der Waals surface area contributed by atoms with Crippen LogP contribution >= 0.6 is 0 Å². The van der Waals surface area contributed by atoms with Crippen LogP contribution in [0.15, 0.2) is 10.9 Å². The second-order valence-electron chi connectivity index (χ2n) is 4.27. The molecule has 0 aliphatic carbocycles. The number of rotatable bonds is 11. The van der Waals surface area contributed by atoms with Gasteiger partial charge in [-0.15, -0.1) is 0 Å². The highest BCUT2D eigenvalue weighted by atomic mass is 32.2. The highest BCUT2D eigenvalue weighted by molar-refractivity contribution is 7.89. The topological polar surface area (TPSA) is 97.1 Å². The second-order valence-corrected chi connectivity index (χ2v) is 6.19. The zero-order chi connectivity index (χ0) is 14.0. The van der Waals surface area contributed by atoms with Crippen molar-refractivity contribution >= 4 is 10.0 Å². The smallest absolute Gasteiger partial charge is 0.213 e. The van der Waals surface area contributed by atoms with E-state index in [1.165, 1.54) is 6.39 Å². The van der Waals surface area contributed by atoms with Gasteiger partial charge in [0, 0.05) is 13.0 Å². The van der Waals surface area contributed by atoms with E-state index < -0.39 is 10.0 Å². The lowest BCUT2D eigenvalue weighted by Gasteiger charge is -2.06. The van der Waals surface area contributed by atoms with Crippen LogP contribution < -0.4 is 10.0 Å². The van der Waals surface area contributed by atoms with E-state index in [-0.39, 0.29) is 5.75 Å². The van der Waals surface area contributed by atoms with Crippen LogP contribution in [-0.4, -0.2) is 43.9 Å². The molecular weight excluding hydrogens is 268 g/mol. The van der Waals surface area contributed by atoms with Gasteiger partial charge in [-0.3, -0.25) is 0 Å². The van der Waals surface area contributed by atoms with Gasteiger partial charge >= 0.3 is 0 Å². The number of hydrogen-bond donors (Lipinski definition) is 2. The molecule has 0 aliphatic rings. The molecule has 0 fully saturated rings. The molecule has 1 heterocycles. The molecule has 1 aromatic heterocycles. The van der Waals surface area contributed by atoms with E-state index in [0.717, 1.165) is 25.9 Å². The lowest BCUT2D eigenvalue weighted by molar-refractivity contribution is 0.409. The first kappa shape index (κ1) is 16.1. The van der Waals surface area contributed by atoms with Gasteiger partial charge in [0.15, 0.2) is 5.82 Å². The van der Waals surface area contributed by atoms with Crippen LogP contribution in [0.2, 0.25) is 0 Å². The zero-order valence-corrected chi connectivity index (χ0v) is 12.1. The molecule has 1 aromatic rings. The molecule has 1 rings (SSSR count). The van der Waals surface area contributed by atoms with Crippen LogP contribution in [0.1, 0.15) is 32.0 Å². The minimum atomic E-state index is -3.19. The van der Waals surface area contributed by atoms with Gasteiger partial charge in [0.25, 0.3) is 0 Å². The Bertz CT molecular complexity index is 419. The fourth-order valence-electron chi connectivity index (χ4n) is 1.54. The minimum absolute atomic E-state index is 0.160. The summed E-state index contributed by atoms with van der Waals surface area (Å²) < 4.78 is 30.4. The highest BCUT2D eigenvalue weighted by Gasteiger charge is 2.09. The number of unbranched alkanes of at least 4 members (excludes halogenated alkanes) is 1. The van der Waals surface area contributed by atoms with Crippen molar-refractivity contribution in [1.29, 1.82) is 0 Å². The molecule has 8 heteroatoms. The van der Waals surface area contributed by atoms with Gasteiger partial charge in [-0.2, -0.15) is 4.98 Å². The monoisotopic (exact) mass is 290 g/mol. The largest absolute Gasteiger partial charge is 0.343 e. The molecule has 7 nitrogen and oxygen atoms in total. The predicted octanol–water partition coefficient (Wildman–Crippen LogP) is 0.311. The van der Waals surface area contributed by atoms with Gasteiger partial charge in [0.1, 0.15) is 0 Å². The van der Waals surface area contributed by atoms with Crippen LogP contribution in [0.4, 0.5) is 0 Å². The Morgan fingerprint density at radius 2 is 2.11 bits per heavy atom. The third kappa shape index (κ3) is 7.91. The lowest BCUT2D eigenvalue weighted by atomic mass is 10.3. The van der Waals surface area contributed by atoms with Crippen LogP contribution in [0.5, 0.6) is 0 Å². The molecular formula is C11H22N4O3S. The third-order valence-corrected chi connectivity index (χ3v) is 3.99. The van der Waals surface area contributed by atoms with Crippen molar-refractivity contribution in [3.63, 3.8) is 0 Å². The molecule has 0 spiro atoms. The number of hydrogen-bond acceptors (Lipinski definition) is 6. The molecule has 0 saturated carbocycles. The molecule has 0 aliphatic heterocycles.